The second-order valence-corrected chi connectivity index (χ2v) is 6.14. The minimum absolute atomic E-state index is 0.388. The van der Waals surface area contributed by atoms with Crippen LogP contribution in [0, 0.1) is 0 Å². The molecule has 0 aliphatic rings. The minimum Gasteiger partial charge on any atom is -0.472 e. The normalized spacial score (nSPS) is 11.3. The molecule has 27 heavy (non-hydrogen) atoms. The third-order valence-corrected chi connectivity index (χ3v) is 4.41. The fourth-order valence-corrected chi connectivity index (χ4v) is 3.02. The number of nitrogens with zero attached hydrogens (tertiary/aromatic N) is 6. The predicted octanol–water partition coefficient (Wildman–Crippen LogP) is 2.88. The third kappa shape index (κ3) is 2.67. The molecule has 8 nitrogen and oxygen atoms in total. The summed E-state index contributed by atoms with van der Waals surface area (Å²) in [5.74, 6) is 1.07. The highest BCUT2D eigenvalue weighted by molar-refractivity contribution is 5.93. The molecule has 1 aromatic carbocycles. The zero-order chi connectivity index (χ0) is 18.2. The highest BCUT2D eigenvalue weighted by atomic mass is 16.5. The largest absolute Gasteiger partial charge is 0.472 e. The van der Waals surface area contributed by atoms with Crippen molar-refractivity contribution in [3.05, 3.63) is 60.7 Å². The van der Waals surface area contributed by atoms with Gasteiger partial charge in [-0.2, -0.15) is 15.2 Å². The number of aromatic amines is 1. The van der Waals surface area contributed by atoms with E-state index >= 15 is 0 Å². The van der Waals surface area contributed by atoms with Crippen LogP contribution in [0.5, 0.6) is 5.88 Å². The van der Waals surface area contributed by atoms with E-state index in [0.29, 0.717) is 24.0 Å². The maximum atomic E-state index is 6.02. The van der Waals surface area contributed by atoms with E-state index in [4.69, 9.17) is 9.72 Å². The van der Waals surface area contributed by atoms with Gasteiger partial charge in [0.2, 0.25) is 5.88 Å². The zero-order valence-electron chi connectivity index (χ0n) is 14.5. The van der Waals surface area contributed by atoms with Crippen molar-refractivity contribution in [1.29, 1.82) is 0 Å². The van der Waals surface area contributed by atoms with E-state index in [1.54, 1.807) is 29.5 Å². The zero-order valence-corrected chi connectivity index (χ0v) is 14.5. The standard InChI is InChI=1S/C19H15N7O/c1-26-18-15(10-22-26)19(27-11-12-5-7-20-8-6-12)24-17(23-18)13-3-2-4-16-14(13)9-21-25-16/h2-10H,11H2,1H3,(H,21,25). The average Bonchev–Trinajstić information content (AvgIpc) is 3.34. The van der Waals surface area contributed by atoms with Crippen LogP contribution < -0.4 is 4.74 Å². The van der Waals surface area contributed by atoms with Gasteiger partial charge in [-0.15, -0.1) is 0 Å². The van der Waals surface area contributed by atoms with E-state index in [1.165, 1.54) is 0 Å². The van der Waals surface area contributed by atoms with Gasteiger partial charge in [0.25, 0.3) is 0 Å². The summed E-state index contributed by atoms with van der Waals surface area (Å²) >= 11 is 0. The second-order valence-electron chi connectivity index (χ2n) is 6.14. The molecule has 132 valence electrons. The van der Waals surface area contributed by atoms with E-state index in [0.717, 1.165) is 27.4 Å². The molecule has 0 unspecified atom stereocenters. The van der Waals surface area contributed by atoms with Gasteiger partial charge in [-0.1, -0.05) is 12.1 Å². The summed E-state index contributed by atoms with van der Waals surface area (Å²) in [5, 5.41) is 13.1. The maximum Gasteiger partial charge on any atom is 0.228 e. The van der Waals surface area contributed by atoms with Gasteiger partial charge in [0.15, 0.2) is 11.5 Å². The number of nitrogens with one attached hydrogen (secondary N) is 1. The van der Waals surface area contributed by atoms with E-state index in [-0.39, 0.29) is 0 Å². The molecule has 5 aromatic rings. The number of hydrogen-bond acceptors (Lipinski definition) is 6. The predicted molar refractivity (Wildman–Crippen MR) is 100.0 cm³/mol. The van der Waals surface area contributed by atoms with Gasteiger partial charge >= 0.3 is 0 Å². The Morgan fingerprint density at radius 1 is 1.04 bits per heavy atom. The molecule has 0 spiro atoms. The summed E-state index contributed by atoms with van der Waals surface area (Å²) in [6.45, 7) is 0.388. The Kier molecular flexibility index (Phi) is 3.53. The SMILES string of the molecule is Cn1ncc2c(OCc3ccncc3)nc(-c3cccc4[nH]ncc34)nc21. The van der Waals surface area contributed by atoms with Gasteiger partial charge < -0.3 is 4.74 Å². The smallest absolute Gasteiger partial charge is 0.228 e. The number of aryl methyl sites for hydroxylation is 1. The van der Waals surface area contributed by atoms with Crippen molar-refractivity contribution in [2.24, 2.45) is 7.05 Å². The number of ether oxygens (including phenoxy) is 1. The molecule has 5 rings (SSSR count). The van der Waals surface area contributed by atoms with Crippen LogP contribution in [0.2, 0.25) is 0 Å². The fraction of sp³-hybridized carbons (Fsp3) is 0.105. The summed E-state index contributed by atoms with van der Waals surface area (Å²) in [7, 11) is 1.85. The number of benzene rings is 1. The van der Waals surface area contributed by atoms with E-state index in [2.05, 4.69) is 25.3 Å². The minimum atomic E-state index is 0.388. The van der Waals surface area contributed by atoms with E-state index in [1.807, 2.05) is 37.4 Å². The Morgan fingerprint density at radius 2 is 1.93 bits per heavy atom. The number of pyridine rings is 1. The molecule has 0 bridgehead atoms. The summed E-state index contributed by atoms with van der Waals surface area (Å²) in [6.07, 6.45) is 6.98. The summed E-state index contributed by atoms with van der Waals surface area (Å²) in [4.78, 5) is 13.4. The van der Waals surface area contributed by atoms with Crippen molar-refractivity contribution in [3.63, 3.8) is 0 Å². The average molecular weight is 357 g/mol. The Labute approximate surface area is 153 Å². The van der Waals surface area contributed by atoms with Crippen LogP contribution in [0.25, 0.3) is 33.3 Å². The molecule has 0 fully saturated rings. The van der Waals surface area contributed by atoms with Gasteiger partial charge in [0.1, 0.15) is 12.0 Å². The van der Waals surface area contributed by atoms with Gasteiger partial charge in [-0.25, -0.2) is 4.98 Å². The van der Waals surface area contributed by atoms with E-state index in [9.17, 15) is 0 Å². The first kappa shape index (κ1) is 15.4. The Morgan fingerprint density at radius 3 is 2.81 bits per heavy atom. The molecule has 0 amide bonds. The molecular formula is C19H15N7O. The molecule has 0 aliphatic heterocycles. The first-order chi connectivity index (χ1) is 13.3. The number of rotatable bonds is 4. The lowest BCUT2D eigenvalue weighted by atomic mass is 10.1. The summed E-state index contributed by atoms with van der Waals surface area (Å²) in [6, 6.07) is 9.71. The summed E-state index contributed by atoms with van der Waals surface area (Å²) in [5.41, 5.74) is 3.54. The molecule has 8 heteroatoms. The topological polar surface area (TPSA) is 94.4 Å². The van der Waals surface area contributed by atoms with Crippen molar-refractivity contribution >= 4 is 21.9 Å². The number of hydrogen-bond donors (Lipinski definition) is 1. The van der Waals surface area contributed by atoms with Crippen molar-refractivity contribution in [2.45, 2.75) is 6.61 Å². The first-order valence-corrected chi connectivity index (χ1v) is 8.43. The van der Waals surface area contributed by atoms with Crippen LogP contribution >= 0.6 is 0 Å². The number of fused-ring (bicyclic) bond motifs is 2. The van der Waals surface area contributed by atoms with Crippen LogP contribution in [0.4, 0.5) is 0 Å². The van der Waals surface area contributed by atoms with Crippen molar-refractivity contribution < 1.29 is 4.74 Å². The van der Waals surface area contributed by atoms with Gasteiger partial charge in [0.05, 0.1) is 17.9 Å². The maximum absolute atomic E-state index is 6.02. The van der Waals surface area contributed by atoms with Crippen LogP contribution in [-0.2, 0) is 13.7 Å². The quantitative estimate of drug-likeness (QED) is 0.531. The van der Waals surface area contributed by atoms with Gasteiger partial charge in [0, 0.05) is 30.4 Å². The molecule has 0 radical (unpaired) electrons. The second kappa shape index (κ2) is 6.17. The van der Waals surface area contributed by atoms with Crippen LogP contribution in [-0.4, -0.2) is 34.9 Å². The molecule has 1 N–H and O–H groups in total. The van der Waals surface area contributed by atoms with Crippen LogP contribution in [0.3, 0.4) is 0 Å². The molecule has 0 saturated heterocycles. The summed E-state index contributed by atoms with van der Waals surface area (Å²) < 4.78 is 7.74. The highest BCUT2D eigenvalue weighted by Crippen LogP contribution is 2.30. The lowest BCUT2D eigenvalue weighted by Crippen LogP contribution is -2.02. The van der Waals surface area contributed by atoms with E-state index < -0.39 is 0 Å². The van der Waals surface area contributed by atoms with Crippen molar-refractivity contribution in [1.82, 2.24) is 34.9 Å². The lowest BCUT2D eigenvalue weighted by Gasteiger charge is -2.09. The number of H-pyrrole nitrogens is 1. The van der Waals surface area contributed by atoms with Gasteiger partial charge in [-0.05, 0) is 23.8 Å². The molecule has 0 aliphatic carbocycles. The van der Waals surface area contributed by atoms with Crippen LogP contribution in [0.1, 0.15) is 5.56 Å². The molecular weight excluding hydrogens is 342 g/mol. The highest BCUT2D eigenvalue weighted by Gasteiger charge is 2.16. The third-order valence-electron chi connectivity index (χ3n) is 4.41. The monoisotopic (exact) mass is 357 g/mol. The van der Waals surface area contributed by atoms with Crippen LogP contribution in [0.15, 0.2) is 55.1 Å². The first-order valence-electron chi connectivity index (χ1n) is 8.43. The lowest BCUT2D eigenvalue weighted by molar-refractivity contribution is 0.298. The molecule has 4 aromatic heterocycles. The molecule has 0 atom stereocenters. The number of aromatic nitrogens is 7. The Hall–Kier alpha value is -3.81. The van der Waals surface area contributed by atoms with Crippen molar-refractivity contribution in [2.75, 3.05) is 0 Å². The van der Waals surface area contributed by atoms with Gasteiger partial charge in [-0.3, -0.25) is 14.8 Å². The molecule has 4 heterocycles. The fourth-order valence-electron chi connectivity index (χ4n) is 3.02. The molecule has 0 saturated carbocycles. The Balaban J connectivity index is 1.63. The van der Waals surface area contributed by atoms with Crippen molar-refractivity contribution in [3.8, 4) is 17.3 Å². The Bertz CT molecular complexity index is 1240.